The molecular weight excluding hydrogens is 445 g/mol. The molecule has 0 saturated carbocycles. The van der Waals surface area contributed by atoms with Crippen LogP contribution in [-0.4, -0.2) is 16.1 Å². The van der Waals surface area contributed by atoms with E-state index in [9.17, 15) is 9.59 Å². The predicted octanol–water partition coefficient (Wildman–Crippen LogP) is 5.26. The van der Waals surface area contributed by atoms with Crippen LogP contribution in [0, 0.1) is 0 Å². The van der Waals surface area contributed by atoms with E-state index < -0.39 is 11.9 Å². The van der Waals surface area contributed by atoms with Gasteiger partial charge in [0.05, 0.1) is 17.0 Å². The standard InChI is InChI=1S/C21H13Cl2N3O3S/c1-2-15-24-25-21(30-15)26-17(10-3-5-11(22)6-4-10)16-18(27)13-9-12(23)7-8-14(13)29-19(16)20(26)28/h3-9,17H,2H2,1H3/t17-/m1/s1. The average molecular weight is 458 g/mol. The second-order valence-corrected chi connectivity index (χ2v) is 8.69. The third kappa shape index (κ3) is 2.93. The van der Waals surface area contributed by atoms with Crippen molar-refractivity contribution in [2.45, 2.75) is 19.4 Å². The molecule has 0 unspecified atom stereocenters. The lowest BCUT2D eigenvalue weighted by Gasteiger charge is -2.22. The Morgan fingerprint density at radius 3 is 2.50 bits per heavy atom. The molecule has 0 radical (unpaired) electrons. The molecule has 0 saturated heterocycles. The molecule has 0 N–H and O–H groups in total. The monoisotopic (exact) mass is 457 g/mol. The zero-order valence-electron chi connectivity index (χ0n) is 15.6. The molecule has 6 nitrogen and oxygen atoms in total. The van der Waals surface area contributed by atoms with Gasteiger partial charge in [-0.25, -0.2) is 0 Å². The molecule has 1 amide bonds. The highest BCUT2D eigenvalue weighted by molar-refractivity contribution is 7.15. The first-order valence-corrected chi connectivity index (χ1v) is 10.7. The van der Waals surface area contributed by atoms with Gasteiger partial charge in [-0.2, -0.15) is 0 Å². The number of amides is 1. The van der Waals surface area contributed by atoms with Gasteiger partial charge in [-0.15, -0.1) is 10.2 Å². The minimum absolute atomic E-state index is 0.00280. The Bertz CT molecular complexity index is 1360. The van der Waals surface area contributed by atoms with E-state index in [0.29, 0.717) is 38.1 Å². The van der Waals surface area contributed by atoms with Crippen molar-refractivity contribution in [3.05, 3.63) is 84.6 Å². The topological polar surface area (TPSA) is 76.3 Å². The van der Waals surface area contributed by atoms with Crippen LogP contribution >= 0.6 is 34.5 Å². The highest BCUT2D eigenvalue weighted by Gasteiger charge is 2.45. The first-order valence-electron chi connectivity index (χ1n) is 9.15. The molecule has 9 heteroatoms. The van der Waals surface area contributed by atoms with Crippen LogP contribution in [0.4, 0.5) is 5.13 Å². The third-order valence-corrected chi connectivity index (χ3v) is 6.54. The first-order chi connectivity index (χ1) is 14.5. The lowest BCUT2D eigenvalue weighted by Crippen LogP contribution is -2.29. The van der Waals surface area contributed by atoms with Gasteiger partial charge in [0.15, 0.2) is 5.43 Å². The van der Waals surface area contributed by atoms with Gasteiger partial charge in [0, 0.05) is 10.0 Å². The summed E-state index contributed by atoms with van der Waals surface area (Å²) >= 11 is 13.5. The molecule has 150 valence electrons. The van der Waals surface area contributed by atoms with Crippen molar-refractivity contribution < 1.29 is 9.21 Å². The molecule has 1 aliphatic heterocycles. The van der Waals surface area contributed by atoms with Crippen molar-refractivity contribution in [2.24, 2.45) is 0 Å². The number of hydrogen-bond donors (Lipinski definition) is 0. The second kappa shape index (κ2) is 7.19. The Kier molecular flexibility index (Phi) is 4.61. The fraction of sp³-hybridized carbons (Fsp3) is 0.143. The molecule has 3 heterocycles. The first kappa shape index (κ1) is 19.2. The maximum absolute atomic E-state index is 13.5. The van der Waals surface area contributed by atoms with Gasteiger partial charge in [0.1, 0.15) is 10.6 Å². The predicted molar refractivity (Wildman–Crippen MR) is 117 cm³/mol. The normalized spacial score (nSPS) is 15.8. The fourth-order valence-corrected chi connectivity index (χ4v) is 4.69. The van der Waals surface area contributed by atoms with Crippen LogP contribution in [0.25, 0.3) is 11.0 Å². The lowest BCUT2D eigenvalue weighted by atomic mass is 9.99. The number of anilines is 1. The molecule has 0 bridgehead atoms. The zero-order valence-corrected chi connectivity index (χ0v) is 17.9. The van der Waals surface area contributed by atoms with E-state index in [1.54, 1.807) is 42.5 Å². The minimum Gasteiger partial charge on any atom is -0.450 e. The Balaban J connectivity index is 1.80. The largest absolute Gasteiger partial charge is 0.450 e. The number of carbonyl (C=O) groups excluding carboxylic acids is 1. The Labute approximate surface area is 184 Å². The Morgan fingerprint density at radius 1 is 1.07 bits per heavy atom. The molecule has 5 rings (SSSR count). The van der Waals surface area contributed by atoms with E-state index in [1.807, 2.05) is 6.92 Å². The molecule has 4 aromatic rings. The van der Waals surface area contributed by atoms with Crippen molar-refractivity contribution in [2.75, 3.05) is 4.90 Å². The number of benzene rings is 2. The quantitative estimate of drug-likeness (QED) is 0.419. The third-order valence-electron chi connectivity index (χ3n) is 4.98. The van der Waals surface area contributed by atoms with Crippen LogP contribution in [0.2, 0.25) is 10.0 Å². The van der Waals surface area contributed by atoms with Crippen molar-refractivity contribution in [3.63, 3.8) is 0 Å². The molecule has 0 aliphatic carbocycles. The molecule has 1 aliphatic rings. The zero-order chi connectivity index (χ0) is 21.0. The van der Waals surface area contributed by atoms with Gasteiger partial charge < -0.3 is 4.42 Å². The van der Waals surface area contributed by atoms with E-state index in [1.165, 1.54) is 16.2 Å². The van der Waals surface area contributed by atoms with Crippen molar-refractivity contribution >= 4 is 56.5 Å². The molecule has 0 spiro atoms. The summed E-state index contributed by atoms with van der Waals surface area (Å²) < 4.78 is 5.89. The highest BCUT2D eigenvalue weighted by Crippen LogP contribution is 2.42. The number of carbonyl (C=O) groups is 1. The Hall–Kier alpha value is -2.74. The molecular formula is C21H13Cl2N3O3S. The summed E-state index contributed by atoms with van der Waals surface area (Å²) in [7, 11) is 0. The van der Waals surface area contributed by atoms with E-state index in [0.717, 1.165) is 5.01 Å². The number of aromatic nitrogens is 2. The number of halogens is 2. The van der Waals surface area contributed by atoms with Crippen LogP contribution in [0.3, 0.4) is 0 Å². The maximum atomic E-state index is 13.5. The van der Waals surface area contributed by atoms with E-state index in [2.05, 4.69) is 10.2 Å². The summed E-state index contributed by atoms with van der Waals surface area (Å²) in [5.74, 6) is -0.430. The van der Waals surface area contributed by atoms with Gasteiger partial charge in [-0.1, -0.05) is 53.6 Å². The van der Waals surface area contributed by atoms with Crippen LogP contribution in [-0.2, 0) is 6.42 Å². The molecule has 2 aromatic carbocycles. The molecule has 30 heavy (non-hydrogen) atoms. The van der Waals surface area contributed by atoms with Gasteiger partial charge >= 0.3 is 0 Å². The number of hydrogen-bond acceptors (Lipinski definition) is 6. The van der Waals surface area contributed by atoms with E-state index >= 15 is 0 Å². The molecule has 0 fully saturated rings. The van der Waals surface area contributed by atoms with E-state index in [4.69, 9.17) is 27.6 Å². The summed E-state index contributed by atoms with van der Waals surface area (Å²) in [5.41, 5.74) is 0.975. The van der Waals surface area contributed by atoms with Crippen LogP contribution in [0.15, 0.2) is 51.7 Å². The smallest absolute Gasteiger partial charge is 0.297 e. The van der Waals surface area contributed by atoms with E-state index in [-0.39, 0.29) is 16.8 Å². The van der Waals surface area contributed by atoms with Crippen LogP contribution in [0.5, 0.6) is 0 Å². The minimum atomic E-state index is -0.706. The van der Waals surface area contributed by atoms with Crippen LogP contribution < -0.4 is 10.3 Å². The number of aryl methyl sites for hydroxylation is 1. The summed E-state index contributed by atoms with van der Waals surface area (Å²) in [6.07, 6.45) is 0.692. The second-order valence-electron chi connectivity index (χ2n) is 6.78. The maximum Gasteiger partial charge on any atom is 0.297 e. The summed E-state index contributed by atoms with van der Waals surface area (Å²) in [5, 5.41) is 10.8. The number of nitrogens with zero attached hydrogens (tertiary/aromatic N) is 3. The molecule has 1 atom stereocenters. The molecule has 2 aromatic heterocycles. The van der Waals surface area contributed by atoms with Crippen molar-refractivity contribution in [1.29, 1.82) is 0 Å². The fourth-order valence-electron chi connectivity index (χ4n) is 3.59. The highest BCUT2D eigenvalue weighted by atomic mass is 35.5. The van der Waals surface area contributed by atoms with Crippen LogP contribution in [0.1, 0.15) is 39.7 Å². The number of rotatable bonds is 3. The summed E-state index contributed by atoms with van der Waals surface area (Å²) in [4.78, 5) is 28.3. The van der Waals surface area contributed by atoms with Crippen molar-refractivity contribution in [3.8, 4) is 0 Å². The number of fused-ring (bicyclic) bond motifs is 2. The van der Waals surface area contributed by atoms with Gasteiger partial charge in [-0.3, -0.25) is 14.5 Å². The van der Waals surface area contributed by atoms with Gasteiger partial charge in [0.25, 0.3) is 5.91 Å². The van der Waals surface area contributed by atoms with Gasteiger partial charge in [0.2, 0.25) is 10.9 Å². The Morgan fingerprint density at radius 2 is 1.80 bits per heavy atom. The SMILES string of the molecule is CCc1nnc(N2C(=O)c3oc4ccc(Cl)cc4c(=O)c3[C@H]2c2ccc(Cl)cc2)s1. The average Bonchev–Trinajstić information content (AvgIpc) is 3.32. The van der Waals surface area contributed by atoms with Crippen molar-refractivity contribution in [1.82, 2.24) is 10.2 Å². The summed E-state index contributed by atoms with van der Waals surface area (Å²) in [6, 6.07) is 11.1. The summed E-state index contributed by atoms with van der Waals surface area (Å²) in [6.45, 7) is 1.96. The lowest BCUT2D eigenvalue weighted by molar-refractivity contribution is 0.0970. The van der Waals surface area contributed by atoms with Gasteiger partial charge in [-0.05, 0) is 42.3 Å².